The van der Waals surface area contributed by atoms with Crippen molar-refractivity contribution in [3.63, 3.8) is 0 Å². The highest BCUT2D eigenvalue weighted by atomic mass is 16.5. The number of carbonyl (C=O) groups excluding carboxylic acids is 2. The molecule has 0 aliphatic carbocycles. The molecule has 6 nitrogen and oxygen atoms in total. The van der Waals surface area contributed by atoms with Gasteiger partial charge in [-0.05, 0) is 50.7 Å². The number of fused-ring (bicyclic) bond motifs is 1. The molecule has 0 spiro atoms. The van der Waals surface area contributed by atoms with Crippen molar-refractivity contribution in [2.45, 2.75) is 45.4 Å². The van der Waals surface area contributed by atoms with Crippen LogP contribution in [0.15, 0.2) is 18.2 Å². The van der Waals surface area contributed by atoms with Crippen LogP contribution in [0.5, 0.6) is 5.75 Å². The predicted molar refractivity (Wildman–Crippen MR) is 104 cm³/mol. The number of anilines is 1. The van der Waals surface area contributed by atoms with Crippen molar-refractivity contribution in [2.75, 3.05) is 38.2 Å². The van der Waals surface area contributed by atoms with Crippen molar-refractivity contribution in [2.24, 2.45) is 5.92 Å². The van der Waals surface area contributed by atoms with Crippen LogP contribution in [0.2, 0.25) is 0 Å². The molecule has 0 bridgehead atoms. The van der Waals surface area contributed by atoms with Crippen molar-refractivity contribution in [1.29, 1.82) is 0 Å². The first-order valence-electron chi connectivity index (χ1n) is 10.1. The second-order valence-electron chi connectivity index (χ2n) is 7.27. The maximum atomic E-state index is 12.5. The highest BCUT2D eigenvalue weighted by Crippen LogP contribution is 2.31. The summed E-state index contributed by atoms with van der Waals surface area (Å²) in [6.45, 7) is 5.76. The largest absolute Gasteiger partial charge is 0.493 e. The summed E-state index contributed by atoms with van der Waals surface area (Å²) in [4.78, 5) is 26.0. The average Bonchev–Trinajstić information content (AvgIpc) is 2.69. The monoisotopic (exact) mass is 374 g/mol. The molecule has 3 rings (SSSR count). The summed E-state index contributed by atoms with van der Waals surface area (Å²) >= 11 is 0. The first-order valence-corrected chi connectivity index (χ1v) is 10.1. The molecule has 0 unspecified atom stereocenters. The lowest BCUT2D eigenvalue weighted by molar-refractivity contribution is -0.132. The molecule has 1 aromatic rings. The quantitative estimate of drug-likeness (QED) is 0.710. The second-order valence-corrected chi connectivity index (χ2v) is 7.27. The Labute approximate surface area is 161 Å². The van der Waals surface area contributed by atoms with E-state index in [-0.39, 0.29) is 11.8 Å². The smallest absolute Gasteiger partial charge is 0.224 e. The Balaban J connectivity index is 1.43. The average molecular weight is 374 g/mol. The summed E-state index contributed by atoms with van der Waals surface area (Å²) in [6.07, 6.45) is 4.47. The first-order chi connectivity index (χ1) is 13.2. The molecule has 1 saturated heterocycles. The number of rotatable bonds is 8. The highest BCUT2D eigenvalue weighted by molar-refractivity contribution is 5.94. The number of carbonyl (C=O) groups is 2. The molecule has 0 atom stereocenters. The van der Waals surface area contributed by atoms with E-state index in [9.17, 15) is 9.59 Å². The van der Waals surface area contributed by atoms with Gasteiger partial charge in [-0.3, -0.25) is 9.59 Å². The molecule has 6 heteroatoms. The van der Waals surface area contributed by atoms with E-state index in [4.69, 9.17) is 9.47 Å². The van der Waals surface area contributed by atoms with Gasteiger partial charge in [0.1, 0.15) is 5.75 Å². The molecule has 0 aromatic heterocycles. The number of ether oxygens (including phenoxy) is 2. The normalized spacial score (nSPS) is 17.1. The number of benzene rings is 1. The van der Waals surface area contributed by atoms with Gasteiger partial charge in [0.25, 0.3) is 0 Å². The van der Waals surface area contributed by atoms with Crippen LogP contribution >= 0.6 is 0 Å². The minimum Gasteiger partial charge on any atom is -0.493 e. The van der Waals surface area contributed by atoms with Crippen molar-refractivity contribution < 1.29 is 19.1 Å². The summed E-state index contributed by atoms with van der Waals surface area (Å²) in [5.41, 5.74) is 1.89. The van der Waals surface area contributed by atoms with Crippen LogP contribution in [0.3, 0.4) is 0 Å². The van der Waals surface area contributed by atoms with Gasteiger partial charge in [0, 0.05) is 50.4 Å². The van der Waals surface area contributed by atoms with Crippen LogP contribution in [0.1, 0.15) is 44.6 Å². The Hall–Kier alpha value is -2.08. The van der Waals surface area contributed by atoms with E-state index in [1.54, 1.807) is 0 Å². The standard InChI is InChI=1S/C21H30N2O4/c1-2-23(15-16-10-13-26-14-11-16)21(25)7-4-12-27-19-6-3-5-18-17(19)8-9-20(24)22-18/h3,5-6,16H,2,4,7-15H2,1H3,(H,22,24). The summed E-state index contributed by atoms with van der Waals surface area (Å²) in [5.74, 6) is 1.63. The molecule has 0 saturated carbocycles. The molecule has 1 aromatic carbocycles. The van der Waals surface area contributed by atoms with E-state index in [0.29, 0.717) is 38.2 Å². The second kappa shape index (κ2) is 9.74. The topological polar surface area (TPSA) is 67.9 Å². The summed E-state index contributed by atoms with van der Waals surface area (Å²) < 4.78 is 11.3. The van der Waals surface area contributed by atoms with Gasteiger partial charge in [-0.1, -0.05) is 6.07 Å². The van der Waals surface area contributed by atoms with Crippen molar-refractivity contribution in [3.05, 3.63) is 23.8 Å². The molecular formula is C21H30N2O4. The van der Waals surface area contributed by atoms with Gasteiger partial charge in [-0.25, -0.2) is 0 Å². The molecule has 148 valence electrons. The maximum Gasteiger partial charge on any atom is 0.224 e. The Kier molecular flexibility index (Phi) is 7.10. The minimum atomic E-state index is 0.0504. The van der Waals surface area contributed by atoms with Gasteiger partial charge in [-0.15, -0.1) is 0 Å². The Morgan fingerprint density at radius 2 is 2.11 bits per heavy atom. The third-order valence-electron chi connectivity index (χ3n) is 5.36. The molecule has 2 aliphatic heterocycles. The van der Waals surface area contributed by atoms with Crippen molar-refractivity contribution in [3.8, 4) is 5.75 Å². The molecule has 1 fully saturated rings. The molecule has 2 aliphatic rings. The Morgan fingerprint density at radius 3 is 2.89 bits per heavy atom. The van der Waals surface area contributed by atoms with Crippen LogP contribution in [-0.4, -0.2) is 49.6 Å². The summed E-state index contributed by atoms with van der Waals surface area (Å²) in [6, 6.07) is 5.72. The van der Waals surface area contributed by atoms with E-state index >= 15 is 0 Å². The molecule has 27 heavy (non-hydrogen) atoms. The van der Waals surface area contributed by atoms with Crippen LogP contribution < -0.4 is 10.1 Å². The number of amides is 2. The Morgan fingerprint density at radius 1 is 1.30 bits per heavy atom. The lowest BCUT2D eigenvalue weighted by atomic mass is 9.99. The SMILES string of the molecule is CCN(CC1CCOCC1)C(=O)CCCOc1cccc2c1CCC(=O)N2. The number of nitrogens with zero attached hydrogens (tertiary/aromatic N) is 1. The van der Waals surface area contributed by atoms with Crippen molar-refractivity contribution in [1.82, 2.24) is 4.90 Å². The van der Waals surface area contributed by atoms with E-state index in [0.717, 1.165) is 56.1 Å². The van der Waals surface area contributed by atoms with Gasteiger partial charge in [0.2, 0.25) is 11.8 Å². The molecule has 2 heterocycles. The zero-order valence-corrected chi connectivity index (χ0v) is 16.2. The Bertz CT molecular complexity index is 656. The summed E-state index contributed by atoms with van der Waals surface area (Å²) in [7, 11) is 0. The van der Waals surface area contributed by atoms with E-state index < -0.39 is 0 Å². The molecular weight excluding hydrogens is 344 g/mol. The third kappa shape index (κ3) is 5.45. The lowest BCUT2D eigenvalue weighted by Crippen LogP contribution is -2.37. The van der Waals surface area contributed by atoms with E-state index in [2.05, 4.69) is 5.32 Å². The summed E-state index contributed by atoms with van der Waals surface area (Å²) in [5, 5.41) is 2.88. The van der Waals surface area contributed by atoms with E-state index in [1.807, 2.05) is 30.0 Å². The van der Waals surface area contributed by atoms with Crippen LogP contribution in [0.25, 0.3) is 0 Å². The van der Waals surface area contributed by atoms with Gasteiger partial charge < -0.3 is 19.7 Å². The van der Waals surface area contributed by atoms with Gasteiger partial charge in [-0.2, -0.15) is 0 Å². The van der Waals surface area contributed by atoms with Gasteiger partial charge in [0.15, 0.2) is 0 Å². The minimum absolute atomic E-state index is 0.0504. The first kappa shape index (κ1) is 19.7. The maximum absolute atomic E-state index is 12.5. The van der Waals surface area contributed by atoms with Gasteiger partial charge in [0.05, 0.1) is 6.61 Å². The zero-order valence-electron chi connectivity index (χ0n) is 16.2. The number of hydrogen-bond donors (Lipinski definition) is 1. The fraction of sp³-hybridized carbons (Fsp3) is 0.619. The predicted octanol–water partition coefficient (Wildman–Crippen LogP) is 3.01. The van der Waals surface area contributed by atoms with Gasteiger partial charge >= 0.3 is 0 Å². The fourth-order valence-corrected chi connectivity index (χ4v) is 3.74. The third-order valence-corrected chi connectivity index (χ3v) is 5.36. The molecule has 0 radical (unpaired) electrons. The zero-order chi connectivity index (χ0) is 19.1. The van der Waals surface area contributed by atoms with E-state index in [1.165, 1.54) is 0 Å². The fourth-order valence-electron chi connectivity index (χ4n) is 3.74. The lowest BCUT2D eigenvalue weighted by Gasteiger charge is -2.29. The molecule has 1 N–H and O–H groups in total. The molecule has 2 amide bonds. The number of nitrogens with one attached hydrogen (secondary N) is 1. The van der Waals surface area contributed by atoms with Crippen molar-refractivity contribution >= 4 is 17.5 Å². The number of hydrogen-bond acceptors (Lipinski definition) is 4. The highest BCUT2D eigenvalue weighted by Gasteiger charge is 2.21. The van der Waals surface area contributed by atoms with Crippen LogP contribution in [0, 0.1) is 5.92 Å². The van der Waals surface area contributed by atoms with Crippen LogP contribution in [-0.2, 0) is 20.7 Å². The van der Waals surface area contributed by atoms with Crippen LogP contribution in [0.4, 0.5) is 5.69 Å².